The van der Waals surface area contributed by atoms with Crippen LogP contribution in [0.5, 0.6) is 0 Å². The van der Waals surface area contributed by atoms with Crippen molar-refractivity contribution >= 4 is 37.7 Å². The molecule has 0 bridgehead atoms. The molecule has 0 aliphatic carbocycles. The normalized spacial score (nSPS) is 13.4. The van der Waals surface area contributed by atoms with Gasteiger partial charge in [-0.1, -0.05) is 125 Å². The fraction of sp³-hybridized carbons (Fsp3) is 0.321. The predicted octanol–water partition coefficient (Wildman–Crippen LogP) is 5.14. The van der Waals surface area contributed by atoms with E-state index >= 15 is 0 Å². The van der Waals surface area contributed by atoms with Gasteiger partial charge in [0.05, 0.1) is 19.8 Å². The summed E-state index contributed by atoms with van der Waals surface area (Å²) in [6.07, 6.45) is 0. The summed E-state index contributed by atoms with van der Waals surface area (Å²) in [7, 11) is -5.04. The Morgan fingerprint density at radius 2 is 1.09 bits per heavy atom. The van der Waals surface area contributed by atoms with Crippen molar-refractivity contribution in [3.8, 4) is 0 Å². The summed E-state index contributed by atoms with van der Waals surface area (Å²) in [4.78, 5) is 14.1. The monoisotopic (exact) mass is 460 g/mol. The first-order chi connectivity index (χ1) is 15.2. The zero-order chi connectivity index (χ0) is 23.4. The molecular formula is C28H36O2Si2. The van der Waals surface area contributed by atoms with Gasteiger partial charge in [-0.05, 0) is 27.5 Å². The summed E-state index contributed by atoms with van der Waals surface area (Å²) in [5, 5.41) is 3.63. The second-order valence-electron chi connectivity index (χ2n) is 10.1. The first-order valence-corrected chi connectivity index (χ1v) is 16.7. The summed E-state index contributed by atoms with van der Waals surface area (Å²) in [6.45, 7) is 14.0. The Labute approximate surface area is 195 Å². The molecule has 1 unspecified atom stereocenters. The van der Waals surface area contributed by atoms with Crippen LogP contribution in [-0.4, -0.2) is 28.7 Å². The Bertz CT molecular complexity index is 913. The fourth-order valence-electron chi connectivity index (χ4n) is 4.77. The summed E-state index contributed by atoms with van der Waals surface area (Å²) < 4.78 is 5.89. The molecule has 0 aromatic heterocycles. The first-order valence-electron chi connectivity index (χ1n) is 11.5. The zero-order valence-electron chi connectivity index (χ0n) is 20.3. The number of ether oxygens (including phenoxy) is 1. The van der Waals surface area contributed by atoms with Gasteiger partial charge in [-0.3, -0.25) is 4.79 Å². The van der Waals surface area contributed by atoms with Crippen LogP contribution in [0.15, 0.2) is 91.0 Å². The number of rotatable bonds is 7. The molecule has 0 N–H and O–H groups in total. The van der Waals surface area contributed by atoms with Gasteiger partial charge in [0.2, 0.25) is 0 Å². The van der Waals surface area contributed by atoms with Gasteiger partial charge in [0.25, 0.3) is 0 Å². The van der Waals surface area contributed by atoms with Crippen molar-refractivity contribution in [2.24, 2.45) is 0 Å². The molecule has 0 heterocycles. The minimum atomic E-state index is -2.81. The number of carbonyl (C=O) groups is 1. The Hall–Kier alpha value is -2.44. The van der Waals surface area contributed by atoms with Gasteiger partial charge in [-0.15, -0.1) is 0 Å². The van der Waals surface area contributed by atoms with Crippen molar-refractivity contribution in [1.82, 2.24) is 0 Å². The lowest BCUT2D eigenvalue weighted by atomic mass is 10.2. The molecule has 0 aliphatic rings. The van der Waals surface area contributed by atoms with Crippen LogP contribution < -0.4 is 15.6 Å². The largest absolute Gasteiger partial charge is 0.466 e. The van der Waals surface area contributed by atoms with Crippen LogP contribution in [0, 0.1) is 0 Å². The predicted molar refractivity (Wildman–Crippen MR) is 142 cm³/mol. The molecule has 1 atom stereocenters. The quantitative estimate of drug-likeness (QED) is 0.277. The molecule has 2 nitrogen and oxygen atoms in total. The fourth-order valence-corrected chi connectivity index (χ4v) is 18.0. The molecule has 168 valence electrons. The summed E-state index contributed by atoms with van der Waals surface area (Å²) in [6, 6.07) is 32.2. The van der Waals surface area contributed by atoms with E-state index in [0.29, 0.717) is 6.61 Å². The van der Waals surface area contributed by atoms with E-state index in [1.807, 2.05) is 6.92 Å². The van der Waals surface area contributed by atoms with Gasteiger partial charge in [0, 0.05) is 0 Å². The van der Waals surface area contributed by atoms with Crippen LogP contribution in [0.2, 0.25) is 23.3 Å². The van der Waals surface area contributed by atoms with Crippen LogP contribution >= 0.6 is 0 Å². The van der Waals surface area contributed by atoms with Gasteiger partial charge in [-0.25, -0.2) is 0 Å². The van der Waals surface area contributed by atoms with E-state index in [1.54, 1.807) is 0 Å². The van der Waals surface area contributed by atoms with Crippen molar-refractivity contribution < 1.29 is 9.53 Å². The molecule has 0 fully saturated rings. The van der Waals surface area contributed by atoms with Crippen LogP contribution in [0.3, 0.4) is 0 Å². The van der Waals surface area contributed by atoms with Crippen molar-refractivity contribution in [3.05, 3.63) is 91.0 Å². The van der Waals surface area contributed by atoms with E-state index in [0.717, 1.165) is 0 Å². The Balaban J connectivity index is 2.52. The van der Waals surface area contributed by atoms with Crippen LogP contribution in [0.25, 0.3) is 0 Å². The summed E-state index contributed by atoms with van der Waals surface area (Å²) >= 11 is 0. The SMILES string of the molecule is CCOC(=O)C([Si](c1ccccc1)(c1ccccc1)c1ccccc1)[Si](C)(C)C(C)(C)C. The molecule has 0 saturated heterocycles. The molecule has 0 saturated carbocycles. The number of hydrogen-bond acceptors (Lipinski definition) is 2. The number of esters is 1. The van der Waals surface area contributed by atoms with Crippen molar-refractivity contribution in [1.29, 1.82) is 0 Å². The van der Waals surface area contributed by atoms with Gasteiger partial charge < -0.3 is 4.74 Å². The maximum absolute atomic E-state index is 14.1. The topological polar surface area (TPSA) is 26.3 Å². The van der Waals surface area contributed by atoms with Crippen molar-refractivity contribution in [2.45, 2.75) is 51.0 Å². The van der Waals surface area contributed by atoms with E-state index < -0.39 is 16.1 Å². The van der Waals surface area contributed by atoms with Gasteiger partial charge in [0.15, 0.2) is 8.07 Å². The smallest absolute Gasteiger partial charge is 0.304 e. The van der Waals surface area contributed by atoms with Crippen LogP contribution in [-0.2, 0) is 9.53 Å². The van der Waals surface area contributed by atoms with E-state index in [2.05, 4.69) is 125 Å². The van der Waals surface area contributed by atoms with Crippen LogP contribution in [0.4, 0.5) is 0 Å². The first kappa shape index (κ1) is 24.2. The average Bonchev–Trinajstić information content (AvgIpc) is 2.78. The maximum Gasteiger partial charge on any atom is 0.304 e. The second kappa shape index (κ2) is 9.59. The minimum absolute atomic E-state index is 0.0149. The van der Waals surface area contributed by atoms with E-state index in [-0.39, 0.29) is 16.2 Å². The lowest BCUT2D eigenvalue weighted by Crippen LogP contribution is -2.76. The molecule has 32 heavy (non-hydrogen) atoms. The molecule has 4 heteroatoms. The molecular weight excluding hydrogens is 424 g/mol. The third kappa shape index (κ3) is 4.26. The highest BCUT2D eigenvalue weighted by Crippen LogP contribution is 2.47. The number of hydrogen-bond donors (Lipinski definition) is 0. The highest BCUT2D eigenvalue weighted by Gasteiger charge is 2.60. The van der Waals surface area contributed by atoms with Gasteiger partial charge in [0.1, 0.15) is 0 Å². The van der Waals surface area contributed by atoms with E-state index in [9.17, 15) is 4.79 Å². The lowest BCUT2D eigenvalue weighted by Gasteiger charge is -2.50. The third-order valence-electron chi connectivity index (χ3n) is 7.30. The summed E-state index contributed by atoms with van der Waals surface area (Å²) in [5.74, 6) is -0.0395. The molecule has 0 spiro atoms. The molecule has 0 amide bonds. The van der Waals surface area contributed by atoms with Crippen LogP contribution in [0.1, 0.15) is 27.7 Å². The maximum atomic E-state index is 14.1. The molecule has 0 aliphatic heterocycles. The lowest BCUT2D eigenvalue weighted by molar-refractivity contribution is -0.141. The highest BCUT2D eigenvalue weighted by molar-refractivity contribution is 7.21. The molecule has 0 radical (unpaired) electrons. The number of benzene rings is 3. The Morgan fingerprint density at radius 1 is 0.750 bits per heavy atom. The standard InChI is InChI=1S/C28H36O2Si2/c1-7-30-26(29)27(31(5,6)28(2,3)4)32(23-17-11-8-12-18-23,24-19-13-9-14-20-24)25-21-15-10-16-22-25/h8-22,27H,7H2,1-6H3. The van der Waals surface area contributed by atoms with Gasteiger partial charge >= 0.3 is 5.97 Å². The highest BCUT2D eigenvalue weighted by atomic mass is 28.4. The number of carbonyl (C=O) groups excluding carboxylic acids is 1. The molecule has 3 aromatic rings. The zero-order valence-corrected chi connectivity index (χ0v) is 22.3. The van der Waals surface area contributed by atoms with Gasteiger partial charge in [-0.2, -0.15) is 0 Å². The second-order valence-corrected chi connectivity index (χ2v) is 20.1. The average molecular weight is 461 g/mol. The molecule has 3 rings (SSSR count). The van der Waals surface area contributed by atoms with Crippen molar-refractivity contribution in [2.75, 3.05) is 6.61 Å². The minimum Gasteiger partial charge on any atom is -0.466 e. The third-order valence-corrected chi connectivity index (χ3v) is 21.1. The Morgan fingerprint density at radius 3 is 1.38 bits per heavy atom. The summed E-state index contributed by atoms with van der Waals surface area (Å²) in [5.41, 5.74) is 0. The van der Waals surface area contributed by atoms with E-state index in [1.165, 1.54) is 15.6 Å². The molecule has 3 aromatic carbocycles. The van der Waals surface area contributed by atoms with Crippen molar-refractivity contribution in [3.63, 3.8) is 0 Å². The van der Waals surface area contributed by atoms with E-state index in [4.69, 9.17) is 4.74 Å². The Kier molecular flexibility index (Phi) is 7.26.